The Morgan fingerprint density at radius 2 is 1.57 bits per heavy atom. The molecule has 0 aromatic heterocycles. The Kier molecular flexibility index (Phi) is 5.61. The van der Waals surface area contributed by atoms with Gasteiger partial charge in [0, 0.05) is 0 Å². The van der Waals surface area contributed by atoms with Crippen LogP contribution in [0.15, 0.2) is 60.2 Å². The number of hydrogen-bond acceptors (Lipinski definition) is 2. The van der Waals surface area contributed by atoms with E-state index in [-0.39, 0.29) is 29.1 Å². The third-order valence-corrected chi connectivity index (χ3v) is 5.59. The van der Waals surface area contributed by atoms with Crippen LogP contribution in [0, 0.1) is 17.3 Å². The number of allylic oxidation sites excluding steroid dienone is 2. The van der Waals surface area contributed by atoms with Crippen LogP contribution in [-0.4, -0.2) is 11.8 Å². The van der Waals surface area contributed by atoms with Crippen molar-refractivity contribution in [2.75, 3.05) is 10.6 Å². The summed E-state index contributed by atoms with van der Waals surface area (Å²) in [5.41, 5.74) is 2.54. The van der Waals surface area contributed by atoms with Crippen molar-refractivity contribution in [2.45, 2.75) is 27.7 Å². The third-order valence-electron chi connectivity index (χ3n) is 5.26. The van der Waals surface area contributed by atoms with Crippen LogP contribution >= 0.6 is 11.6 Å². The predicted molar refractivity (Wildman–Crippen MR) is 115 cm³/mol. The first-order chi connectivity index (χ1) is 13.2. The molecule has 1 saturated carbocycles. The van der Waals surface area contributed by atoms with Crippen LogP contribution < -0.4 is 10.6 Å². The minimum absolute atomic E-state index is 0.0644. The second-order valence-corrected chi connectivity index (χ2v) is 8.44. The maximum Gasteiger partial charge on any atom is 0.257 e. The molecule has 3 rings (SSSR count). The fraction of sp³-hybridized carbons (Fsp3) is 0.304. The van der Waals surface area contributed by atoms with Gasteiger partial charge in [0.05, 0.1) is 27.9 Å². The Labute approximate surface area is 171 Å². The minimum Gasteiger partial charge on any atom is -0.325 e. The molecule has 2 atom stereocenters. The van der Waals surface area contributed by atoms with E-state index >= 15 is 0 Å². The average Bonchev–Trinajstić information content (AvgIpc) is 3.16. The minimum atomic E-state index is -0.320. The smallest absolute Gasteiger partial charge is 0.257 e. The zero-order valence-corrected chi connectivity index (χ0v) is 17.3. The molecule has 0 unspecified atom stereocenters. The third kappa shape index (κ3) is 4.12. The van der Waals surface area contributed by atoms with Crippen LogP contribution in [0.2, 0.25) is 5.02 Å². The van der Waals surface area contributed by atoms with Crippen LogP contribution in [0.25, 0.3) is 0 Å². The lowest BCUT2D eigenvalue weighted by Crippen LogP contribution is -2.20. The molecule has 0 saturated heterocycles. The lowest BCUT2D eigenvalue weighted by Gasteiger charge is -2.12. The molecule has 4 nitrogen and oxygen atoms in total. The molecule has 2 N–H and O–H groups in total. The standard InChI is InChI=1S/C23H25ClN2O2/c1-14(2)13-16-20(23(16,3)4)22(28)25-18-11-7-5-9-15(18)21(27)26-19-12-8-6-10-17(19)24/h5-13,16,20H,1-4H3,(H,25,28)(H,26,27)/t16-,20+/m1/s1. The molecule has 28 heavy (non-hydrogen) atoms. The summed E-state index contributed by atoms with van der Waals surface area (Å²) in [6.07, 6.45) is 2.15. The lowest BCUT2D eigenvalue weighted by atomic mass is 10.1. The van der Waals surface area contributed by atoms with Gasteiger partial charge in [0.2, 0.25) is 5.91 Å². The predicted octanol–water partition coefficient (Wildman–Crippen LogP) is 5.77. The van der Waals surface area contributed by atoms with Gasteiger partial charge in [-0.2, -0.15) is 0 Å². The molecule has 1 aliphatic rings. The summed E-state index contributed by atoms with van der Waals surface area (Å²) >= 11 is 6.13. The van der Waals surface area contributed by atoms with Crippen LogP contribution in [0.4, 0.5) is 11.4 Å². The van der Waals surface area contributed by atoms with E-state index in [2.05, 4.69) is 30.6 Å². The van der Waals surface area contributed by atoms with Crippen molar-refractivity contribution < 1.29 is 9.59 Å². The van der Waals surface area contributed by atoms with E-state index in [1.807, 2.05) is 13.8 Å². The maximum absolute atomic E-state index is 12.9. The van der Waals surface area contributed by atoms with E-state index < -0.39 is 0 Å². The van der Waals surface area contributed by atoms with Gasteiger partial charge in [-0.3, -0.25) is 9.59 Å². The average molecular weight is 397 g/mol. The normalized spacial score (nSPS) is 19.5. The molecule has 5 heteroatoms. The summed E-state index contributed by atoms with van der Waals surface area (Å²) in [7, 11) is 0. The Morgan fingerprint density at radius 3 is 2.21 bits per heavy atom. The molecular formula is C23H25ClN2O2. The van der Waals surface area contributed by atoms with Gasteiger partial charge in [-0.1, -0.05) is 61.4 Å². The van der Waals surface area contributed by atoms with Gasteiger partial charge in [-0.05, 0) is 49.4 Å². The molecule has 1 fully saturated rings. The number of amides is 2. The van der Waals surface area contributed by atoms with E-state index in [1.165, 1.54) is 5.57 Å². The number of para-hydroxylation sites is 2. The Bertz CT molecular complexity index is 945. The molecule has 0 heterocycles. The SMILES string of the molecule is CC(C)=C[C@@H]1[C@@H](C(=O)Nc2ccccc2C(=O)Nc2ccccc2Cl)C1(C)C. The molecule has 0 aliphatic heterocycles. The Balaban J connectivity index is 1.78. The van der Waals surface area contributed by atoms with E-state index in [1.54, 1.807) is 48.5 Å². The molecular weight excluding hydrogens is 372 g/mol. The summed E-state index contributed by atoms with van der Waals surface area (Å²) in [4.78, 5) is 25.6. The highest BCUT2D eigenvalue weighted by Gasteiger charge is 2.60. The van der Waals surface area contributed by atoms with Gasteiger partial charge in [0.25, 0.3) is 5.91 Å². The highest BCUT2D eigenvalue weighted by Crippen LogP contribution is 2.59. The van der Waals surface area contributed by atoms with Crippen LogP contribution in [-0.2, 0) is 4.79 Å². The van der Waals surface area contributed by atoms with Gasteiger partial charge in [-0.25, -0.2) is 0 Å². The highest BCUT2D eigenvalue weighted by atomic mass is 35.5. The van der Waals surface area contributed by atoms with Crippen LogP contribution in [0.5, 0.6) is 0 Å². The molecule has 0 radical (unpaired) electrons. The van der Waals surface area contributed by atoms with Gasteiger partial charge in [0.1, 0.15) is 0 Å². The van der Waals surface area contributed by atoms with E-state index in [9.17, 15) is 9.59 Å². The number of carbonyl (C=O) groups excluding carboxylic acids is 2. The first-order valence-corrected chi connectivity index (χ1v) is 9.70. The van der Waals surface area contributed by atoms with Crippen molar-refractivity contribution in [2.24, 2.45) is 17.3 Å². The molecule has 146 valence electrons. The summed E-state index contributed by atoms with van der Waals surface area (Å²) in [6, 6.07) is 14.0. The molecule has 1 aliphatic carbocycles. The van der Waals surface area contributed by atoms with Crippen LogP contribution in [0.3, 0.4) is 0 Å². The fourth-order valence-electron chi connectivity index (χ4n) is 3.60. The van der Waals surface area contributed by atoms with Crippen molar-refractivity contribution in [1.82, 2.24) is 0 Å². The number of halogens is 1. The molecule has 2 aromatic carbocycles. The van der Waals surface area contributed by atoms with Gasteiger partial charge in [0.15, 0.2) is 0 Å². The van der Waals surface area contributed by atoms with Gasteiger partial charge >= 0.3 is 0 Å². The summed E-state index contributed by atoms with van der Waals surface area (Å²) < 4.78 is 0. The number of nitrogens with one attached hydrogen (secondary N) is 2. The van der Waals surface area contributed by atoms with Crippen LogP contribution in [0.1, 0.15) is 38.1 Å². The lowest BCUT2D eigenvalue weighted by molar-refractivity contribution is -0.118. The number of carbonyl (C=O) groups is 2. The zero-order chi connectivity index (χ0) is 20.5. The highest BCUT2D eigenvalue weighted by molar-refractivity contribution is 6.34. The summed E-state index contributed by atoms with van der Waals surface area (Å²) in [5.74, 6) is -0.283. The van der Waals surface area contributed by atoms with Crippen molar-refractivity contribution in [3.63, 3.8) is 0 Å². The second-order valence-electron chi connectivity index (χ2n) is 8.04. The van der Waals surface area contributed by atoms with Crippen molar-refractivity contribution in [3.05, 3.63) is 70.8 Å². The van der Waals surface area contributed by atoms with Gasteiger partial charge in [-0.15, -0.1) is 0 Å². The van der Waals surface area contributed by atoms with E-state index in [0.29, 0.717) is 22.0 Å². The topological polar surface area (TPSA) is 58.2 Å². The van der Waals surface area contributed by atoms with Crippen molar-refractivity contribution in [1.29, 1.82) is 0 Å². The fourth-order valence-corrected chi connectivity index (χ4v) is 3.78. The number of hydrogen-bond donors (Lipinski definition) is 2. The first kappa shape index (κ1) is 20.2. The van der Waals surface area contributed by atoms with E-state index in [4.69, 9.17) is 11.6 Å². The van der Waals surface area contributed by atoms with Crippen molar-refractivity contribution in [3.8, 4) is 0 Å². The zero-order valence-electron chi connectivity index (χ0n) is 16.5. The monoisotopic (exact) mass is 396 g/mol. The van der Waals surface area contributed by atoms with Gasteiger partial charge < -0.3 is 10.6 Å². The molecule has 2 aromatic rings. The quantitative estimate of drug-likeness (QED) is 0.630. The molecule has 0 bridgehead atoms. The molecule has 0 spiro atoms. The second kappa shape index (κ2) is 7.80. The largest absolute Gasteiger partial charge is 0.325 e. The number of rotatable bonds is 5. The Morgan fingerprint density at radius 1 is 0.964 bits per heavy atom. The first-order valence-electron chi connectivity index (χ1n) is 9.32. The Hall–Kier alpha value is -2.59. The number of benzene rings is 2. The molecule has 2 amide bonds. The maximum atomic E-state index is 12.9. The summed E-state index contributed by atoms with van der Waals surface area (Å²) in [6.45, 7) is 8.27. The number of anilines is 2. The van der Waals surface area contributed by atoms with E-state index in [0.717, 1.165) is 0 Å². The van der Waals surface area contributed by atoms with Crippen molar-refractivity contribution >= 4 is 34.8 Å². The summed E-state index contributed by atoms with van der Waals surface area (Å²) in [5, 5.41) is 6.21.